The fourth-order valence-electron chi connectivity index (χ4n) is 0.466. The first-order valence-corrected chi connectivity index (χ1v) is 3.16. The maximum atomic E-state index is 10.3. The second-order valence-electron chi connectivity index (χ2n) is 1.60. The zero-order chi connectivity index (χ0) is 8.15. The molecule has 0 unspecified atom stereocenters. The van der Waals surface area contributed by atoms with E-state index in [1.807, 2.05) is 13.8 Å². The molecule has 0 saturated carbocycles. The fraction of sp³-hybridized carbons (Fsp3) is 0.667. The van der Waals surface area contributed by atoms with Gasteiger partial charge in [-0.15, -0.1) is 0 Å². The van der Waals surface area contributed by atoms with Crippen LogP contribution in [0.15, 0.2) is 0 Å². The Morgan fingerprint density at radius 3 is 2.00 bits per heavy atom. The van der Waals surface area contributed by atoms with Crippen LogP contribution in [0.3, 0.4) is 0 Å². The molecule has 1 aliphatic rings. The summed E-state index contributed by atoms with van der Waals surface area (Å²) in [6.07, 6.45) is -0.560. The quantitative estimate of drug-likeness (QED) is 0.371. The highest BCUT2D eigenvalue weighted by atomic mass is 16.6. The Morgan fingerprint density at radius 1 is 1.40 bits per heavy atom. The van der Waals surface area contributed by atoms with Gasteiger partial charge in [0.2, 0.25) is 0 Å². The molecule has 1 amide bonds. The standard InChI is InChI=1S/C4H5NO3.C2H6/c1-5-2-3(6)8-4(5)7;1-2/h2H2,1H3;1-2H3. The van der Waals surface area contributed by atoms with Crippen LogP contribution in [-0.2, 0) is 9.53 Å². The zero-order valence-corrected chi connectivity index (χ0v) is 6.38. The van der Waals surface area contributed by atoms with Gasteiger partial charge in [0.25, 0.3) is 0 Å². The van der Waals surface area contributed by atoms with Crippen LogP contribution in [0.4, 0.5) is 4.79 Å². The second kappa shape index (κ2) is 3.87. The van der Waals surface area contributed by atoms with Crippen molar-refractivity contribution in [1.29, 1.82) is 0 Å². The van der Waals surface area contributed by atoms with E-state index in [4.69, 9.17) is 0 Å². The molecule has 0 radical (unpaired) electrons. The Morgan fingerprint density at radius 2 is 1.90 bits per heavy atom. The minimum Gasteiger partial charge on any atom is -0.375 e. The van der Waals surface area contributed by atoms with E-state index >= 15 is 0 Å². The van der Waals surface area contributed by atoms with Crippen molar-refractivity contribution in [3.8, 4) is 0 Å². The van der Waals surface area contributed by atoms with Crippen LogP contribution in [0.5, 0.6) is 0 Å². The lowest BCUT2D eigenvalue weighted by Gasteiger charge is -1.97. The summed E-state index contributed by atoms with van der Waals surface area (Å²) in [6.45, 7) is 4.08. The van der Waals surface area contributed by atoms with Crippen molar-refractivity contribution >= 4 is 12.1 Å². The van der Waals surface area contributed by atoms with Crippen LogP contribution in [0.1, 0.15) is 13.8 Å². The van der Waals surface area contributed by atoms with E-state index in [1.165, 1.54) is 11.9 Å². The van der Waals surface area contributed by atoms with Crippen molar-refractivity contribution in [2.75, 3.05) is 13.6 Å². The number of esters is 1. The van der Waals surface area contributed by atoms with Crippen molar-refractivity contribution < 1.29 is 14.3 Å². The summed E-state index contributed by atoms with van der Waals surface area (Å²) in [5, 5.41) is 0. The van der Waals surface area contributed by atoms with Gasteiger partial charge in [0.05, 0.1) is 0 Å². The van der Waals surface area contributed by atoms with Crippen LogP contribution in [0.2, 0.25) is 0 Å². The van der Waals surface area contributed by atoms with E-state index in [0.29, 0.717) is 0 Å². The molecule has 0 atom stereocenters. The van der Waals surface area contributed by atoms with Crippen LogP contribution in [0, 0.1) is 0 Å². The number of cyclic esters (lactones) is 2. The molecule has 1 fully saturated rings. The van der Waals surface area contributed by atoms with Gasteiger partial charge in [-0.3, -0.25) is 4.90 Å². The Bertz CT molecular complexity index is 144. The summed E-state index contributed by atoms with van der Waals surface area (Å²) >= 11 is 0. The third kappa shape index (κ3) is 2.05. The van der Waals surface area contributed by atoms with Crippen LogP contribution in [-0.4, -0.2) is 30.6 Å². The molecule has 1 rings (SSSR count). The normalized spacial score (nSPS) is 16.1. The number of rotatable bonds is 0. The van der Waals surface area contributed by atoms with Crippen molar-refractivity contribution in [2.45, 2.75) is 13.8 Å². The molecule has 1 heterocycles. The number of hydrogen-bond donors (Lipinski definition) is 0. The molecular formula is C6H11NO3. The highest BCUT2D eigenvalue weighted by Gasteiger charge is 2.25. The third-order valence-electron chi connectivity index (χ3n) is 0.879. The van der Waals surface area contributed by atoms with Gasteiger partial charge >= 0.3 is 12.1 Å². The van der Waals surface area contributed by atoms with E-state index in [2.05, 4.69) is 4.74 Å². The van der Waals surface area contributed by atoms with E-state index in [9.17, 15) is 9.59 Å². The fourth-order valence-corrected chi connectivity index (χ4v) is 0.466. The van der Waals surface area contributed by atoms with Crippen molar-refractivity contribution in [3.05, 3.63) is 0 Å². The van der Waals surface area contributed by atoms with E-state index in [1.54, 1.807) is 0 Å². The second-order valence-corrected chi connectivity index (χ2v) is 1.60. The number of nitrogens with zero attached hydrogens (tertiary/aromatic N) is 1. The number of amides is 1. The van der Waals surface area contributed by atoms with Crippen molar-refractivity contribution in [2.24, 2.45) is 0 Å². The van der Waals surface area contributed by atoms with Crippen LogP contribution >= 0.6 is 0 Å². The molecule has 58 valence electrons. The van der Waals surface area contributed by atoms with Gasteiger partial charge in [0, 0.05) is 7.05 Å². The van der Waals surface area contributed by atoms with Crippen molar-refractivity contribution in [3.63, 3.8) is 0 Å². The third-order valence-corrected chi connectivity index (χ3v) is 0.879. The Kier molecular flexibility index (Phi) is 3.46. The Hall–Kier alpha value is -1.06. The molecule has 0 bridgehead atoms. The molecule has 4 nitrogen and oxygen atoms in total. The zero-order valence-electron chi connectivity index (χ0n) is 6.38. The predicted octanol–water partition coefficient (Wildman–Crippen LogP) is 0.621. The highest BCUT2D eigenvalue weighted by Crippen LogP contribution is 1.99. The van der Waals surface area contributed by atoms with Crippen molar-refractivity contribution in [1.82, 2.24) is 4.90 Å². The molecule has 4 heteroatoms. The number of ether oxygens (including phenoxy) is 1. The summed E-state index contributed by atoms with van der Waals surface area (Å²) in [5.41, 5.74) is 0. The molecule has 0 aromatic heterocycles. The predicted molar refractivity (Wildman–Crippen MR) is 35.5 cm³/mol. The number of hydrogen-bond acceptors (Lipinski definition) is 3. The average molecular weight is 145 g/mol. The van der Waals surface area contributed by atoms with Gasteiger partial charge < -0.3 is 4.74 Å². The van der Waals surface area contributed by atoms with E-state index < -0.39 is 12.1 Å². The minimum absolute atomic E-state index is 0.0822. The molecule has 0 spiro atoms. The van der Waals surface area contributed by atoms with Gasteiger partial charge in [-0.2, -0.15) is 0 Å². The molecular weight excluding hydrogens is 134 g/mol. The number of likely N-dealkylation sites (N-methyl/N-ethyl adjacent to an activating group) is 1. The minimum atomic E-state index is -0.560. The molecule has 0 N–H and O–H groups in total. The molecule has 1 saturated heterocycles. The Balaban J connectivity index is 0.000000371. The highest BCUT2D eigenvalue weighted by molar-refractivity contribution is 5.92. The average Bonchev–Trinajstić information content (AvgIpc) is 2.16. The van der Waals surface area contributed by atoms with E-state index in [-0.39, 0.29) is 6.54 Å². The molecule has 0 aromatic rings. The summed E-state index contributed by atoms with van der Waals surface area (Å²) < 4.78 is 4.12. The monoisotopic (exact) mass is 145 g/mol. The smallest absolute Gasteiger partial charge is 0.375 e. The summed E-state index contributed by atoms with van der Waals surface area (Å²) in [6, 6.07) is 0. The van der Waals surface area contributed by atoms with Gasteiger partial charge in [-0.1, -0.05) is 13.8 Å². The first-order chi connectivity index (χ1) is 4.70. The molecule has 0 aromatic carbocycles. The van der Waals surface area contributed by atoms with Crippen LogP contribution in [0.25, 0.3) is 0 Å². The maximum absolute atomic E-state index is 10.3. The number of carbonyl (C=O) groups excluding carboxylic acids is 2. The van der Waals surface area contributed by atoms with Gasteiger partial charge in [0.15, 0.2) is 0 Å². The summed E-state index contributed by atoms with van der Waals surface area (Å²) in [7, 11) is 1.51. The lowest BCUT2D eigenvalue weighted by atomic mass is 10.6. The number of carbonyl (C=O) groups is 2. The summed E-state index contributed by atoms with van der Waals surface area (Å²) in [5.74, 6) is -0.475. The first kappa shape index (κ1) is 8.94. The van der Waals surface area contributed by atoms with Crippen LogP contribution < -0.4 is 0 Å². The molecule has 1 aliphatic heterocycles. The maximum Gasteiger partial charge on any atom is 0.417 e. The summed E-state index contributed by atoms with van der Waals surface area (Å²) in [4.78, 5) is 21.7. The first-order valence-electron chi connectivity index (χ1n) is 3.16. The van der Waals surface area contributed by atoms with Gasteiger partial charge in [-0.05, 0) is 0 Å². The SMILES string of the molecule is CC.CN1CC(=O)OC1=O. The molecule has 10 heavy (non-hydrogen) atoms. The lowest BCUT2D eigenvalue weighted by molar-refractivity contribution is -0.132. The largest absolute Gasteiger partial charge is 0.417 e. The molecule has 0 aliphatic carbocycles. The van der Waals surface area contributed by atoms with Gasteiger partial charge in [0.1, 0.15) is 6.54 Å². The van der Waals surface area contributed by atoms with E-state index in [0.717, 1.165) is 0 Å². The van der Waals surface area contributed by atoms with Gasteiger partial charge in [-0.25, -0.2) is 9.59 Å². The Labute approximate surface area is 59.8 Å². The topological polar surface area (TPSA) is 46.6 Å². The lowest BCUT2D eigenvalue weighted by Crippen LogP contribution is -2.17.